The quantitative estimate of drug-likeness (QED) is 0.358. The van der Waals surface area contributed by atoms with Crippen molar-refractivity contribution in [1.82, 2.24) is 10.7 Å². The van der Waals surface area contributed by atoms with Crippen molar-refractivity contribution in [3.8, 4) is 5.75 Å². The van der Waals surface area contributed by atoms with Gasteiger partial charge in [-0.25, -0.2) is 5.43 Å². The Morgan fingerprint density at radius 2 is 1.73 bits per heavy atom. The highest BCUT2D eigenvalue weighted by Gasteiger charge is 2.14. The lowest BCUT2D eigenvalue weighted by atomic mass is 10.1. The monoisotopic (exact) mass is 403 g/mol. The average molecular weight is 403 g/mol. The fraction of sp³-hybridized carbons (Fsp3) is 0.208. The lowest BCUT2D eigenvalue weighted by Crippen LogP contribution is -2.41. The first-order valence-corrected chi connectivity index (χ1v) is 9.90. The summed E-state index contributed by atoms with van der Waals surface area (Å²) in [5, 5.41) is 8.77. The second-order valence-electron chi connectivity index (χ2n) is 6.98. The van der Waals surface area contributed by atoms with E-state index < -0.39 is 11.8 Å². The zero-order valence-electron chi connectivity index (χ0n) is 17.1. The molecule has 30 heavy (non-hydrogen) atoms. The molecule has 0 saturated carbocycles. The van der Waals surface area contributed by atoms with Crippen molar-refractivity contribution in [2.45, 2.75) is 32.9 Å². The van der Waals surface area contributed by atoms with Gasteiger partial charge in [0, 0.05) is 6.04 Å². The summed E-state index contributed by atoms with van der Waals surface area (Å²) in [4.78, 5) is 23.4. The third-order valence-corrected chi connectivity index (χ3v) is 4.73. The topological polar surface area (TPSA) is 79.8 Å². The first-order valence-electron chi connectivity index (χ1n) is 9.90. The Kier molecular flexibility index (Phi) is 7.16. The van der Waals surface area contributed by atoms with Crippen molar-refractivity contribution < 1.29 is 14.3 Å². The summed E-state index contributed by atoms with van der Waals surface area (Å²) in [5.41, 5.74) is 4.12. The predicted molar refractivity (Wildman–Crippen MR) is 118 cm³/mol. The van der Waals surface area contributed by atoms with Crippen molar-refractivity contribution in [3.63, 3.8) is 0 Å². The van der Waals surface area contributed by atoms with Gasteiger partial charge in [-0.1, -0.05) is 49.4 Å². The number of nitrogens with one attached hydrogen (secondary N) is 2. The average Bonchev–Trinajstić information content (AvgIpc) is 2.78. The molecule has 0 aliphatic heterocycles. The lowest BCUT2D eigenvalue weighted by Gasteiger charge is -2.09. The van der Waals surface area contributed by atoms with Crippen LogP contribution in [0.15, 0.2) is 71.8 Å². The maximum atomic E-state index is 11.7. The fourth-order valence-electron chi connectivity index (χ4n) is 2.84. The number of hydrogen-bond acceptors (Lipinski definition) is 4. The third kappa shape index (κ3) is 5.67. The Morgan fingerprint density at radius 3 is 2.50 bits per heavy atom. The molecule has 0 bridgehead atoms. The Hall–Kier alpha value is -3.67. The van der Waals surface area contributed by atoms with E-state index in [1.165, 1.54) is 17.0 Å². The molecule has 6 nitrogen and oxygen atoms in total. The normalized spacial score (nSPS) is 11.9. The molecule has 0 saturated heterocycles. The summed E-state index contributed by atoms with van der Waals surface area (Å²) in [7, 11) is 0. The van der Waals surface area contributed by atoms with E-state index >= 15 is 0 Å². The Morgan fingerprint density at radius 1 is 1.00 bits per heavy atom. The largest absolute Gasteiger partial charge is 0.489 e. The molecule has 0 heterocycles. The smallest absolute Gasteiger partial charge is 0.329 e. The maximum Gasteiger partial charge on any atom is 0.329 e. The van der Waals surface area contributed by atoms with E-state index in [4.69, 9.17) is 4.74 Å². The molecule has 3 aromatic carbocycles. The van der Waals surface area contributed by atoms with Crippen LogP contribution in [0, 0.1) is 0 Å². The molecule has 0 fully saturated rings. The van der Waals surface area contributed by atoms with Gasteiger partial charge < -0.3 is 10.1 Å². The molecule has 3 aromatic rings. The van der Waals surface area contributed by atoms with Crippen LogP contribution >= 0.6 is 0 Å². The summed E-state index contributed by atoms with van der Waals surface area (Å²) >= 11 is 0. The van der Waals surface area contributed by atoms with E-state index in [1.54, 1.807) is 0 Å². The molecular formula is C24H25N3O3. The molecule has 0 radical (unpaired) electrons. The fourth-order valence-corrected chi connectivity index (χ4v) is 2.84. The van der Waals surface area contributed by atoms with Gasteiger partial charge in [-0.05, 0) is 59.5 Å². The third-order valence-electron chi connectivity index (χ3n) is 4.73. The molecule has 0 aliphatic rings. The van der Waals surface area contributed by atoms with Crippen LogP contribution in [0.2, 0.25) is 0 Å². The number of ether oxygens (including phenoxy) is 1. The number of fused-ring (bicyclic) bond motifs is 1. The summed E-state index contributed by atoms with van der Waals surface area (Å²) in [5.74, 6) is -0.752. The number of benzene rings is 3. The summed E-state index contributed by atoms with van der Waals surface area (Å²) < 4.78 is 5.91. The molecule has 154 valence electrons. The number of amides is 2. The number of nitrogens with zero attached hydrogens (tertiary/aromatic N) is 1. The van der Waals surface area contributed by atoms with Gasteiger partial charge in [-0.2, -0.15) is 5.10 Å². The van der Waals surface area contributed by atoms with Crippen molar-refractivity contribution in [1.29, 1.82) is 0 Å². The highest BCUT2D eigenvalue weighted by molar-refractivity contribution is 6.35. The molecule has 6 heteroatoms. The van der Waals surface area contributed by atoms with Gasteiger partial charge in [-0.3, -0.25) is 9.59 Å². The molecule has 0 spiro atoms. The van der Waals surface area contributed by atoms with Crippen LogP contribution in [0.4, 0.5) is 0 Å². The van der Waals surface area contributed by atoms with Crippen LogP contribution in [0.3, 0.4) is 0 Å². The van der Waals surface area contributed by atoms with E-state index in [0.717, 1.165) is 23.3 Å². The Balaban J connectivity index is 1.53. The van der Waals surface area contributed by atoms with Gasteiger partial charge in [0.15, 0.2) is 0 Å². The molecule has 3 rings (SSSR count). The van der Waals surface area contributed by atoms with Crippen LogP contribution in [0.25, 0.3) is 10.8 Å². The summed E-state index contributed by atoms with van der Waals surface area (Å²) in [6, 6.07) is 21.6. The van der Waals surface area contributed by atoms with Crippen molar-refractivity contribution in [2.75, 3.05) is 0 Å². The highest BCUT2D eigenvalue weighted by atomic mass is 16.5. The molecule has 2 amide bonds. The molecule has 0 aromatic heterocycles. The minimum Gasteiger partial charge on any atom is -0.489 e. The first-order chi connectivity index (χ1) is 14.6. The van der Waals surface area contributed by atoms with E-state index in [-0.39, 0.29) is 6.04 Å². The zero-order valence-corrected chi connectivity index (χ0v) is 17.1. The molecule has 2 N–H and O–H groups in total. The van der Waals surface area contributed by atoms with Crippen molar-refractivity contribution in [3.05, 3.63) is 77.9 Å². The van der Waals surface area contributed by atoms with E-state index in [0.29, 0.717) is 6.61 Å². The second-order valence-corrected chi connectivity index (χ2v) is 6.98. The van der Waals surface area contributed by atoms with Gasteiger partial charge in [0.25, 0.3) is 0 Å². The Bertz CT molecular complexity index is 1040. The van der Waals surface area contributed by atoms with Gasteiger partial charge in [0.05, 0.1) is 6.21 Å². The van der Waals surface area contributed by atoms with Gasteiger partial charge in [-0.15, -0.1) is 0 Å². The molecular weight excluding hydrogens is 378 g/mol. The zero-order chi connectivity index (χ0) is 21.3. The van der Waals surface area contributed by atoms with E-state index in [9.17, 15) is 9.59 Å². The SMILES string of the molecule is CC[C@@H](C)NC(=O)C(=O)N/N=C\c1ccc(OCc2cccc3ccccc23)cc1. The van der Waals surface area contributed by atoms with E-state index in [2.05, 4.69) is 40.1 Å². The number of hydrazone groups is 1. The molecule has 0 aliphatic carbocycles. The lowest BCUT2D eigenvalue weighted by molar-refractivity contribution is -0.139. The summed E-state index contributed by atoms with van der Waals surface area (Å²) in [6.45, 7) is 4.23. The van der Waals surface area contributed by atoms with Gasteiger partial charge >= 0.3 is 11.8 Å². The van der Waals surface area contributed by atoms with Gasteiger partial charge in [0.1, 0.15) is 12.4 Å². The maximum absolute atomic E-state index is 11.7. The minimum atomic E-state index is -0.790. The van der Waals surface area contributed by atoms with Crippen LogP contribution in [0.5, 0.6) is 5.75 Å². The number of hydrogen-bond donors (Lipinski definition) is 2. The van der Waals surface area contributed by atoms with Crippen LogP contribution in [-0.2, 0) is 16.2 Å². The number of rotatable bonds is 7. The number of carbonyl (C=O) groups excluding carboxylic acids is 2. The van der Waals surface area contributed by atoms with Crippen LogP contribution in [-0.4, -0.2) is 24.1 Å². The summed E-state index contributed by atoms with van der Waals surface area (Å²) in [6.07, 6.45) is 2.22. The molecule has 1 atom stereocenters. The molecule has 0 unspecified atom stereocenters. The first kappa shape index (κ1) is 21.0. The van der Waals surface area contributed by atoms with Crippen molar-refractivity contribution >= 4 is 28.8 Å². The highest BCUT2D eigenvalue weighted by Crippen LogP contribution is 2.20. The van der Waals surface area contributed by atoms with Crippen LogP contribution < -0.4 is 15.5 Å². The number of carbonyl (C=O) groups is 2. The van der Waals surface area contributed by atoms with Crippen molar-refractivity contribution in [2.24, 2.45) is 5.10 Å². The Labute approximate surface area is 175 Å². The van der Waals surface area contributed by atoms with E-state index in [1.807, 2.05) is 56.3 Å². The second kappa shape index (κ2) is 10.2. The van der Waals surface area contributed by atoms with Crippen LogP contribution in [0.1, 0.15) is 31.4 Å². The predicted octanol–water partition coefficient (Wildman–Crippen LogP) is 3.78. The van der Waals surface area contributed by atoms with Gasteiger partial charge in [0.2, 0.25) is 0 Å². The standard InChI is InChI=1S/C24H25N3O3/c1-3-17(2)26-23(28)24(29)27-25-15-18-11-13-21(14-12-18)30-16-20-9-6-8-19-7-4-5-10-22(19)20/h4-15,17H,3,16H2,1-2H3,(H,26,28)(H,27,29)/b25-15-/t17-/m1/s1. The minimum absolute atomic E-state index is 0.0614.